The highest BCUT2D eigenvalue weighted by Crippen LogP contribution is 2.33. The number of hydrogen-bond donors (Lipinski definition) is 1. The third-order valence-electron chi connectivity index (χ3n) is 4.03. The van der Waals surface area contributed by atoms with Gasteiger partial charge in [0.2, 0.25) is 0 Å². The second-order valence-electron chi connectivity index (χ2n) is 5.48. The highest BCUT2D eigenvalue weighted by Gasteiger charge is 2.27. The molecule has 0 bridgehead atoms. The van der Waals surface area contributed by atoms with E-state index in [1.54, 1.807) is 0 Å². The highest BCUT2D eigenvalue weighted by molar-refractivity contribution is 14.1. The van der Waals surface area contributed by atoms with Crippen molar-refractivity contribution in [1.29, 1.82) is 0 Å². The Morgan fingerprint density at radius 3 is 2.76 bits per heavy atom. The Bertz CT molecular complexity index is 740. The molecule has 2 aromatic carbocycles. The zero-order valence-electron chi connectivity index (χ0n) is 12.1. The number of hydrogen-bond acceptors (Lipinski definition) is 2. The zero-order valence-corrected chi connectivity index (χ0v) is 14.3. The maximum absolute atomic E-state index is 12.9. The van der Waals surface area contributed by atoms with E-state index in [0.29, 0.717) is 0 Å². The van der Waals surface area contributed by atoms with Crippen LogP contribution in [-0.2, 0) is 6.42 Å². The first-order valence-electron chi connectivity index (χ1n) is 6.95. The molecule has 0 saturated heterocycles. The molecule has 0 unspecified atom stereocenters. The minimum absolute atomic E-state index is 0.0603. The summed E-state index contributed by atoms with van der Waals surface area (Å²) in [7, 11) is 0. The van der Waals surface area contributed by atoms with Gasteiger partial charge in [0.25, 0.3) is 5.91 Å². The lowest BCUT2D eigenvalue weighted by Crippen LogP contribution is -2.29. The number of aryl methyl sites for hydroxylation is 2. The van der Waals surface area contributed by atoms with E-state index in [1.165, 1.54) is 5.56 Å². The molecule has 0 saturated carbocycles. The van der Waals surface area contributed by atoms with Crippen LogP contribution in [0.5, 0.6) is 0 Å². The summed E-state index contributed by atoms with van der Waals surface area (Å²) in [6, 6.07) is 9.88. The number of nitrogens with two attached hydrogens (primary N) is 1. The quantitative estimate of drug-likeness (QED) is 0.595. The largest absolute Gasteiger partial charge is 0.398 e. The number of benzene rings is 2. The van der Waals surface area contributed by atoms with Gasteiger partial charge in [-0.05, 0) is 71.7 Å². The normalized spacial score (nSPS) is 13.4. The minimum atomic E-state index is 0.0603. The molecular formula is C17H17IN2O. The monoisotopic (exact) mass is 392 g/mol. The summed E-state index contributed by atoms with van der Waals surface area (Å²) in [6.07, 6.45) is 0.893. The predicted molar refractivity (Wildman–Crippen MR) is 94.9 cm³/mol. The van der Waals surface area contributed by atoms with Crippen molar-refractivity contribution in [3.63, 3.8) is 0 Å². The predicted octanol–water partition coefficient (Wildman–Crippen LogP) is 3.69. The maximum atomic E-state index is 12.9. The van der Waals surface area contributed by atoms with Gasteiger partial charge in [0.1, 0.15) is 0 Å². The molecule has 0 aliphatic carbocycles. The first-order valence-corrected chi connectivity index (χ1v) is 8.03. The second-order valence-corrected chi connectivity index (χ2v) is 6.56. The summed E-state index contributed by atoms with van der Waals surface area (Å²) < 4.78 is 1.02. The molecule has 3 rings (SSSR count). The lowest BCUT2D eigenvalue weighted by atomic mass is 10.1. The third kappa shape index (κ3) is 2.41. The van der Waals surface area contributed by atoms with Crippen LogP contribution in [0.25, 0.3) is 0 Å². The summed E-state index contributed by atoms with van der Waals surface area (Å²) in [5.41, 5.74) is 11.9. The van der Waals surface area contributed by atoms with Gasteiger partial charge in [-0.15, -0.1) is 0 Å². The van der Waals surface area contributed by atoms with Crippen molar-refractivity contribution in [2.24, 2.45) is 0 Å². The Kier molecular flexibility index (Phi) is 3.65. The number of amides is 1. The van der Waals surface area contributed by atoms with Gasteiger partial charge in [-0.2, -0.15) is 0 Å². The van der Waals surface area contributed by atoms with Crippen molar-refractivity contribution in [1.82, 2.24) is 0 Å². The topological polar surface area (TPSA) is 46.3 Å². The average Bonchev–Trinajstić information content (AvgIpc) is 2.84. The van der Waals surface area contributed by atoms with Gasteiger partial charge >= 0.3 is 0 Å². The molecule has 0 fully saturated rings. The SMILES string of the molecule is Cc1cc2c(cc1N)N(C(=O)c1cccc(C)c1I)CC2. The third-order valence-corrected chi connectivity index (χ3v) is 5.46. The highest BCUT2D eigenvalue weighted by atomic mass is 127. The minimum Gasteiger partial charge on any atom is -0.398 e. The van der Waals surface area contributed by atoms with Crippen LogP contribution in [0.15, 0.2) is 30.3 Å². The van der Waals surface area contributed by atoms with Gasteiger partial charge in [-0.25, -0.2) is 0 Å². The first kappa shape index (κ1) is 14.4. The number of nitrogens with zero attached hydrogens (tertiary/aromatic N) is 1. The van der Waals surface area contributed by atoms with E-state index < -0.39 is 0 Å². The van der Waals surface area contributed by atoms with Gasteiger partial charge in [0, 0.05) is 21.5 Å². The lowest BCUT2D eigenvalue weighted by molar-refractivity contribution is 0.0988. The molecule has 0 aromatic heterocycles. The smallest absolute Gasteiger partial charge is 0.259 e. The fraction of sp³-hybridized carbons (Fsp3) is 0.235. The van der Waals surface area contributed by atoms with Crippen molar-refractivity contribution < 1.29 is 4.79 Å². The van der Waals surface area contributed by atoms with Crippen LogP contribution >= 0.6 is 22.6 Å². The van der Waals surface area contributed by atoms with Crippen LogP contribution in [0.1, 0.15) is 27.0 Å². The summed E-state index contributed by atoms with van der Waals surface area (Å²) in [5.74, 6) is 0.0603. The number of anilines is 2. The van der Waals surface area contributed by atoms with Crippen LogP contribution in [-0.4, -0.2) is 12.5 Å². The van der Waals surface area contributed by atoms with Gasteiger partial charge in [-0.3, -0.25) is 4.79 Å². The average molecular weight is 392 g/mol. The van der Waals surface area contributed by atoms with E-state index in [0.717, 1.165) is 44.6 Å². The van der Waals surface area contributed by atoms with Gasteiger partial charge < -0.3 is 10.6 Å². The Morgan fingerprint density at radius 2 is 2.00 bits per heavy atom. The molecule has 0 radical (unpaired) electrons. The standard InChI is InChI=1S/C17H17IN2O/c1-10-4-3-5-13(16(10)18)17(21)20-7-6-12-8-11(2)14(19)9-15(12)20/h3-5,8-9H,6-7,19H2,1-2H3. The first-order chi connectivity index (χ1) is 9.99. The summed E-state index contributed by atoms with van der Waals surface area (Å²) >= 11 is 2.25. The number of carbonyl (C=O) groups is 1. The van der Waals surface area contributed by atoms with E-state index in [1.807, 2.05) is 43.0 Å². The second kappa shape index (κ2) is 5.33. The molecule has 4 heteroatoms. The fourth-order valence-corrected chi connectivity index (χ4v) is 3.34. The van der Waals surface area contributed by atoms with Crippen LogP contribution in [0.2, 0.25) is 0 Å². The van der Waals surface area contributed by atoms with Crippen LogP contribution in [0, 0.1) is 17.4 Å². The van der Waals surface area contributed by atoms with E-state index in [9.17, 15) is 4.79 Å². The molecule has 1 aliphatic rings. The number of fused-ring (bicyclic) bond motifs is 1. The van der Waals surface area contributed by atoms with Gasteiger partial charge in [0.05, 0.1) is 5.56 Å². The van der Waals surface area contributed by atoms with Crippen LogP contribution < -0.4 is 10.6 Å². The summed E-state index contributed by atoms with van der Waals surface area (Å²) in [6.45, 7) is 4.75. The van der Waals surface area contributed by atoms with Crippen molar-refractivity contribution >= 4 is 39.9 Å². The molecular weight excluding hydrogens is 375 g/mol. The molecule has 1 heterocycles. The van der Waals surface area contributed by atoms with Crippen molar-refractivity contribution in [2.45, 2.75) is 20.3 Å². The Morgan fingerprint density at radius 1 is 1.24 bits per heavy atom. The van der Waals surface area contributed by atoms with Crippen molar-refractivity contribution in [3.8, 4) is 0 Å². The molecule has 2 aromatic rings. The molecule has 3 nitrogen and oxygen atoms in total. The van der Waals surface area contributed by atoms with E-state index in [2.05, 4.69) is 28.7 Å². The number of carbonyl (C=O) groups excluding carboxylic acids is 1. The number of nitrogen functional groups attached to an aromatic ring is 1. The molecule has 0 atom stereocenters. The zero-order chi connectivity index (χ0) is 15.1. The Labute approximate surface area is 138 Å². The van der Waals surface area contributed by atoms with Gasteiger partial charge in [0.15, 0.2) is 0 Å². The Balaban J connectivity index is 2.03. The molecule has 0 spiro atoms. The molecule has 1 aliphatic heterocycles. The number of halogens is 1. The number of rotatable bonds is 1. The summed E-state index contributed by atoms with van der Waals surface area (Å²) in [4.78, 5) is 14.7. The fourth-order valence-electron chi connectivity index (χ4n) is 2.75. The Hall–Kier alpha value is -1.56. The molecule has 21 heavy (non-hydrogen) atoms. The lowest BCUT2D eigenvalue weighted by Gasteiger charge is -2.19. The van der Waals surface area contributed by atoms with Crippen LogP contribution in [0.4, 0.5) is 11.4 Å². The van der Waals surface area contributed by atoms with Crippen molar-refractivity contribution in [3.05, 3.63) is 56.2 Å². The van der Waals surface area contributed by atoms with E-state index >= 15 is 0 Å². The molecule has 108 valence electrons. The van der Waals surface area contributed by atoms with Gasteiger partial charge in [-0.1, -0.05) is 18.2 Å². The summed E-state index contributed by atoms with van der Waals surface area (Å²) in [5, 5.41) is 0. The molecule has 1 amide bonds. The van der Waals surface area contributed by atoms with E-state index in [4.69, 9.17) is 5.73 Å². The van der Waals surface area contributed by atoms with E-state index in [-0.39, 0.29) is 5.91 Å². The van der Waals surface area contributed by atoms with Crippen molar-refractivity contribution in [2.75, 3.05) is 17.2 Å². The molecule has 2 N–H and O–H groups in total. The maximum Gasteiger partial charge on any atom is 0.259 e. The van der Waals surface area contributed by atoms with Crippen LogP contribution in [0.3, 0.4) is 0 Å².